The Morgan fingerprint density at radius 3 is 2.79 bits per heavy atom. The zero-order valence-corrected chi connectivity index (χ0v) is 11.7. The molecule has 19 heavy (non-hydrogen) atoms. The molecule has 0 aliphatic rings. The molecule has 0 aromatic heterocycles. The number of benzene rings is 1. The summed E-state index contributed by atoms with van der Waals surface area (Å²) in [7, 11) is 1.66. The van der Waals surface area contributed by atoms with Gasteiger partial charge in [-0.2, -0.15) is 0 Å². The summed E-state index contributed by atoms with van der Waals surface area (Å²) in [4.78, 5) is 0. The average Bonchev–Trinajstić information content (AvgIpc) is 2.39. The van der Waals surface area contributed by atoms with E-state index in [1.54, 1.807) is 7.11 Å². The molecule has 0 aliphatic carbocycles. The first-order valence-electron chi connectivity index (χ1n) is 6.81. The largest absolute Gasteiger partial charge is 0.383 e. The number of rotatable bonds is 9. The predicted molar refractivity (Wildman–Crippen MR) is 73.2 cm³/mol. The fraction of sp³-hybridized carbons (Fsp3) is 0.600. The fourth-order valence-corrected chi connectivity index (χ4v) is 2.18. The van der Waals surface area contributed by atoms with E-state index in [4.69, 9.17) is 4.74 Å². The van der Waals surface area contributed by atoms with E-state index in [0.717, 1.165) is 32.0 Å². The first kappa shape index (κ1) is 16.1. The topological polar surface area (TPSA) is 21.3 Å². The minimum atomic E-state index is -0.376. The van der Waals surface area contributed by atoms with Crippen molar-refractivity contribution in [2.45, 2.75) is 26.2 Å². The third kappa shape index (κ3) is 6.12. The molecule has 4 heteroatoms. The monoisotopic (exact) mass is 271 g/mol. The molecule has 0 bridgehead atoms. The molecule has 108 valence electrons. The number of nitrogens with one attached hydrogen (secondary N) is 1. The van der Waals surface area contributed by atoms with Gasteiger partial charge in [0.2, 0.25) is 0 Å². The summed E-state index contributed by atoms with van der Waals surface area (Å²) in [6, 6.07) is 3.66. The zero-order chi connectivity index (χ0) is 14.1. The smallest absolute Gasteiger partial charge is 0.126 e. The number of hydrogen-bond donors (Lipinski definition) is 1. The summed E-state index contributed by atoms with van der Waals surface area (Å²) in [6.45, 7) is 4.34. The molecule has 0 radical (unpaired) electrons. The molecule has 0 aliphatic heterocycles. The number of methoxy groups -OCH3 is 1. The summed E-state index contributed by atoms with van der Waals surface area (Å²) < 4.78 is 31.7. The summed E-state index contributed by atoms with van der Waals surface area (Å²) in [6.07, 6.45) is 2.60. The van der Waals surface area contributed by atoms with E-state index in [-0.39, 0.29) is 11.6 Å². The van der Waals surface area contributed by atoms with Crippen molar-refractivity contribution in [2.24, 2.45) is 5.92 Å². The van der Waals surface area contributed by atoms with E-state index < -0.39 is 0 Å². The zero-order valence-electron chi connectivity index (χ0n) is 11.7. The highest BCUT2D eigenvalue weighted by Crippen LogP contribution is 2.17. The first-order valence-corrected chi connectivity index (χ1v) is 6.81. The number of hydrogen-bond acceptors (Lipinski definition) is 2. The van der Waals surface area contributed by atoms with Crippen molar-refractivity contribution < 1.29 is 13.5 Å². The van der Waals surface area contributed by atoms with E-state index in [1.807, 2.05) is 0 Å². The fourth-order valence-electron chi connectivity index (χ4n) is 2.18. The van der Waals surface area contributed by atoms with E-state index in [2.05, 4.69) is 12.2 Å². The van der Waals surface area contributed by atoms with Crippen molar-refractivity contribution >= 4 is 0 Å². The maximum atomic E-state index is 13.6. The van der Waals surface area contributed by atoms with Gasteiger partial charge in [-0.15, -0.1) is 0 Å². The molecule has 0 saturated heterocycles. The molecular weight excluding hydrogens is 248 g/mol. The third-order valence-electron chi connectivity index (χ3n) is 3.13. The van der Waals surface area contributed by atoms with Gasteiger partial charge in [0.05, 0.1) is 6.61 Å². The van der Waals surface area contributed by atoms with Gasteiger partial charge in [-0.05, 0) is 49.1 Å². The van der Waals surface area contributed by atoms with Crippen LogP contribution in [0.3, 0.4) is 0 Å². The van der Waals surface area contributed by atoms with E-state index in [9.17, 15) is 8.78 Å². The van der Waals surface area contributed by atoms with Crippen molar-refractivity contribution in [3.05, 3.63) is 35.4 Å². The summed E-state index contributed by atoms with van der Waals surface area (Å²) in [5, 5.41) is 3.28. The van der Waals surface area contributed by atoms with Gasteiger partial charge < -0.3 is 10.1 Å². The highest BCUT2D eigenvalue weighted by molar-refractivity contribution is 5.19. The predicted octanol–water partition coefficient (Wildman–Crippen LogP) is 3.16. The van der Waals surface area contributed by atoms with Gasteiger partial charge in [0.15, 0.2) is 0 Å². The Morgan fingerprint density at radius 2 is 2.11 bits per heavy atom. The van der Waals surface area contributed by atoms with Gasteiger partial charge in [-0.1, -0.05) is 13.3 Å². The van der Waals surface area contributed by atoms with Gasteiger partial charge in [-0.3, -0.25) is 0 Å². The first-order chi connectivity index (χ1) is 9.17. The van der Waals surface area contributed by atoms with Crippen molar-refractivity contribution in [2.75, 3.05) is 26.8 Å². The van der Waals surface area contributed by atoms with Gasteiger partial charge >= 0.3 is 0 Å². The molecule has 1 rings (SSSR count). The van der Waals surface area contributed by atoms with Crippen LogP contribution in [-0.4, -0.2) is 26.8 Å². The summed E-state index contributed by atoms with van der Waals surface area (Å²) in [5.41, 5.74) is 0.465. The van der Waals surface area contributed by atoms with Crippen LogP contribution >= 0.6 is 0 Å². The lowest BCUT2D eigenvalue weighted by Gasteiger charge is -2.17. The Hall–Kier alpha value is -1.00. The molecule has 0 fully saturated rings. The molecule has 0 spiro atoms. The number of halogens is 2. The van der Waals surface area contributed by atoms with Crippen molar-refractivity contribution in [3.8, 4) is 0 Å². The maximum absolute atomic E-state index is 13.6. The molecule has 0 heterocycles. The number of ether oxygens (including phenoxy) is 1. The third-order valence-corrected chi connectivity index (χ3v) is 3.13. The van der Waals surface area contributed by atoms with Gasteiger partial charge in [-0.25, -0.2) is 8.78 Å². The van der Waals surface area contributed by atoms with Crippen LogP contribution in [0.2, 0.25) is 0 Å². The van der Waals surface area contributed by atoms with E-state index in [1.165, 1.54) is 12.1 Å². The normalized spacial score (nSPS) is 12.6. The molecule has 0 amide bonds. The van der Waals surface area contributed by atoms with Crippen LogP contribution in [0, 0.1) is 17.6 Å². The Balaban J connectivity index is 2.54. The molecule has 0 saturated carbocycles. The Morgan fingerprint density at radius 1 is 1.32 bits per heavy atom. The van der Waals surface area contributed by atoms with Crippen LogP contribution in [0.15, 0.2) is 18.2 Å². The Labute approximate surface area is 114 Å². The molecule has 1 atom stereocenters. The van der Waals surface area contributed by atoms with Crippen LogP contribution in [-0.2, 0) is 11.2 Å². The Kier molecular flexibility index (Phi) is 7.60. The highest BCUT2D eigenvalue weighted by Gasteiger charge is 2.12. The lowest BCUT2D eigenvalue weighted by molar-refractivity contribution is 0.197. The summed E-state index contributed by atoms with van der Waals surface area (Å²) >= 11 is 0. The van der Waals surface area contributed by atoms with Gasteiger partial charge in [0.25, 0.3) is 0 Å². The van der Waals surface area contributed by atoms with Crippen LogP contribution < -0.4 is 5.32 Å². The molecular formula is C15H23F2NO. The van der Waals surface area contributed by atoms with Crippen LogP contribution in [0.1, 0.15) is 25.3 Å². The highest BCUT2D eigenvalue weighted by atomic mass is 19.1. The summed E-state index contributed by atoms with van der Waals surface area (Å²) in [5.74, 6) is -0.378. The van der Waals surface area contributed by atoms with Gasteiger partial charge in [0.1, 0.15) is 11.6 Å². The lowest BCUT2D eigenvalue weighted by Crippen LogP contribution is -2.27. The molecule has 1 N–H and O–H groups in total. The van der Waals surface area contributed by atoms with E-state index in [0.29, 0.717) is 24.5 Å². The minimum absolute atomic E-state index is 0.318. The molecule has 1 aromatic carbocycles. The van der Waals surface area contributed by atoms with Crippen molar-refractivity contribution in [3.63, 3.8) is 0 Å². The lowest BCUT2D eigenvalue weighted by atomic mass is 9.94. The van der Waals surface area contributed by atoms with Gasteiger partial charge in [0, 0.05) is 13.7 Å². The quantitative estimate of drug-likeness (QED) is 0.697. The second kappa shape index (κ2) is 8.99. The maximum Gasteiger partial charge on any atom is 0.126 e. The minimum Gasteiger partial charge on any atom is -0.383 e. The Bertz CT molecular complexity index is 371. The van der Waals surface area contributed by atoms with Crippen molar-refractivity contribution in [1.29, 1.82) is 0 Å². The SMILES string of the molecule is CCCC(CNCCOC)Cc1cc(F)ccc1F. The van der Waals surface area contributed by atoms with Crippen molar-refractivity contribution in [1.82, 2.24) is 5.32 Å². The van der Waals surface area contributed by atoms with Crippen LogP contribution in [0.25, 0.3) is 0 Å². The molecule has 1 unspecified atom stereocenters. The standard InChI is InChI=1S/C15H23F2NO/c1-3-4-12(11-18-7-8-19-2)9-13-10-14(16)5-6-15(13)17/h5-6,10,12,18H,3-4,7-9,11H2,1-2H3. The second-order valence-electron chi connectivity index (χ2n) is 4.79. The second-order valence-corrected chi connectivity index (χ2v) is 4.79. The van der Waals surface area contributed by atoms with Crippen LogP contribution in [0.5, 0.6) is 0 Å². The van der Waals surface area contributed by atoms with Crippen LogP contribution in [0.4, 0.5) is 8.78 Å². The molecule has 2 nitrogen and oxygen atoms in total. The molecule has 1 aromatic rings. The van der Waals surface area contributed by atoms with E-state index >= 15 is 0 Å². The average molecular weight is 271 g/mol.